The molecule has 0 aliphatic carbocycles. The number of amides is 1. The highest BCUT2D eigenvalue weighted by Gasteiger charge is 2.21. The zero-order valence-electron chi connectivity index (χ0n) is 15.0. The van der Waals surface area contributed by atoms with E-state index in [4.69, 9.17) is 0 Å². The summed E-state index contributed by atoms with van der Waals surface area (Å²) in [7, 11) is -3.20. The molecule has 1 aliphatic rings. The van der Waals surface area contributed by atoms with Crippen LogP contribution in [-0.4, -0.2) is 51.2 Å². The lowest BCUT2D eigenvalue weighted by Crippen LogP contribution is -2.49. The zero-order chi connectivity index (χ0) is 18.6. The van der Waals surface area contributed by atoms with Gasteiger partial charge < -0.3 is 9.80 Å². The first-order chi connectivity index (χ1) is 12.5. The molecule has 0 radical (unpaired) electrons. The maximum Gasteiger partial charge on any atom is 0.227 e. The summed E-state index contributed by atoms with van der Waals surface area (Å²) in [6.07, 6.45) is 0.303. The highest BCUT2D eigenvalue weighted by Crippen LogP contribution is 2.17. The Morgan fingerprint density at radius 1 is 0.923 bits per heavy atom. The Morgan fingerprint density at radius 2 is 1.54 bits per heavy atom. The van der Waals surface area contributed by atoms with Crippen LogP contribution in [0.5, 0.6) is 0 Å². The van der Waals surface area contributed by atoms with Gasteiger partial charge in [0.1, 0.15) is 0 Å². The van der Waals surface area contributed by atoms with Gasteiger partial charge in [0.2, 0.25) is 5.91 Å². The molecule has 0 spiro atoms. The lowest BCUT2D eigenvalue weighted by molar-refractivity contribution is -0.130. The predicted octanol–water partition coefficient (Wildman–Crippen LogP) is 2.37. The normalized spacial score (nSPS) is 15.1. The van der Waals surface area contributed by atoms with E-state index in [1.165, 1.54) is 5.69 Å². The second kappa shape index (κ2) is 7.91. The van der Waals surface area contributed by atoms with Gasteiger partial charge in [-0.3, -0.25) is 4.79 Å². The molecule has 6 heteroatoms. The van der Waals surface area contributed by atoms with Crippen molar-refractivity contribution in [3.05, 3.63) is 60.2 Å². The van der Waals surface area contributed by atoms with E-state index in [1.54, 1.807) is 31.2 Å². The monoisotopic (exact) mass is 372 g/mol. The third kappa shape index (κ3) is 4.25. The van der Waals surface area contributed by atoms with E-state index in [9.17, 15) is 13.2 Å². The van der Waals surface area contributed by atoms with Crippen LogP contribution in [0.25, 0.3) is 0 Å². The second-order valence-electron chi connectivity index (χ2n) is 6.43. The van der Waals surface area contributed by atoms with Crippen LogP contribution in [0.1, 0.15) is 12.5 Å². The Labute approximate surface area is 155 Å². The van der Waals surface area contributed by atoms with Crippen molar-refractivity contribution in [2.45, 2.75) is 18.2 Å². The Bertz CT molecular complexity index is 840. The smallest absolute Gasteiger partial charge is 0.227 e. The standard InChI is InChI=1S/C20H24N2O3S/c1-2-26(24,25)19-10-8-17(9-11-19)16-20(23)22-14-12-21(13-15-22)18-6-4-3-5-7-18/h3-11H,2,12-16H2,1H3. The fourth-order valence-corrected chi connectivity index (χ4v) is 4.00. The Kier molecular flexibility index (Phi) is 5.61. The molecule has 2 aromatic carbocycles. The molecule has 0 unspecified atom stereocenters. The Hall–Kier alpha value is -2.34. The molecule has 5 nitrogen and oxygen atoms in total. The minimum Gasteiger partial charge on any atom is -0.368 e. The first kappa shape index (κ1) is 18.5. The molecule has 0 atom stereocenters. The number of carbonyl (C=O) groups excluding carboxylic acids is 1. The molecule has 1 amide bonds. The number of para-hydroxylation sites is 1. The van der Waals surface area contributed by atoms with E-state index in [2.05, 4.69) is 17.0 Å². The van der Waals surface area contributed by atoms with Crippen molar-refractivity contribution in [1.29, 1.82) is 0 Å². The first-order valence-electron chi connectivity index (χ1n) is 8.89. The molecule has 1 heterocycles. The van der Waals surface area contributed by atoms with Crippen LogP contribution in [0.15, 0.2) is 59.5 Å². The van der Waals surface area contributed by atoms with Gasteiger partial charge in [-0.1, -0.05) is 37.3 Å². The van der Waals surface area contributed by atoms with E-state index in [0.29, 0.717) is 24.4 Å². The van der Waals surface area contributed by atoms with E-state index in [1.807, 2.05) is 23.1 Å². The third-order valence-corrected chi connectivity index (χ3v) is 6.52. The highest BCUT2D eigenvalue weighted by atomic mass is 32.2. The second-order valence-corrected chi connectivity index (χ2v) is 8.71. The molecule has 0 N–H and O–H groups in total. The summed E-state index contributed by atoms with van der Waals surface area (Å²) in [6, 6.07) is 16.9. The van der Waals surface area contributed by atoms with Crippen molar-refractivity contribution >= 4 is 21.4 Å². The minimum atomic E-state index is -3.20. The van der Waals surface area contributed by atoms with Crippen LogP contribution in [0, 0.1) is 0 Å². The number of nitrogens with zero attached hydrogens (tertiary/aromatic N) is 2. The third-order valence-electron chi connectivity index (χ3n) is 4.77. The van der Waals surface area contributed by atoms with Gasteiger partial charge in [-0.2, -0.15) is 0 Å². The van der Waals surface area contributed by atoms with Crippen LogP contribution in [0.4, 0.5) is 5.69 Å². The summed E-state index contributed by atoms with van der Waals surface area (Å²) in [5, 5.41) is 0. The van der Waals surface area contributed by atoms with Crippen molar-refractivity contribution < 1.29 is 13.2 Å². The summed E-state index contributed by atoms with van der Waals surface area (Å²) in [4.78, 5) is 17.0. The lowest BCUT2D eigenvalue weighted by atomic mass is 10.1. The number of carbonyl (C=O) groups is 1. The molecule has 2 aromatic rings. The quantitative estimate of drug-likeness (QED) is 0.809. The summed E-state index contributed by atoms with van der Waals surface area (Å²) in [5.41, 5.74) is 2.03. The number of anilines is 1. The van der Waals surface area contributed by atoms with Gasteiger partial charge in [-0.05, 0) is 29.8 Å². The summed E-state index contributed by atoms with van der Waals surface area (Å²) in [6.45, 7) is 4.68. The van der Waals surface area contributed by atoms with Crippen molar-refractivity contribution in [3.8, 4) is 0 Å². The number of sulfone groups is 1. The van der Waals surface area contributed by atoms with Gasteiger partial charge in [0.05, 0.1) is 17.1 Å². The molecule has 3 rings (SSSR count). The number of benzene rings is 2. The molecule has 1 saturated heterocycles. The van der Waals surface area contributed by atoms with Crippen molar-refractivity contribution in [3.63, 3.8) is 0 Å². The van der Waals surface area contributed by atoms with E-state index >= 15 is 0 Å². The maximum absolute atomic E-state index is 12.5. The number of hydrogen-bond donors (Lipinski definition) is 0. The molecular formula is C20H24N2O3S. The van der Waals surface area contributed by atoms with Crippen LogP contribution in [0.2, 0.25) is 0 Å². The summed E-state index contributed by atoms with van der Waals surface area (Å²) < 4.78 is 23.7. The molecular weight excluding hydrogens is 348 g/mol. The Morgan fingerprint density at radius 3 is 2.12 bits per heavy atom. The van der Waals surface area contributed by atoms with Crippen molar-refractivity contribution in [2.75, 3.05) is 36.8 Å². The van der Waals surface area contributed by atoms with Gasteiger partial charge in [-0.25, -0.2) is 8.42 Å². The largest absolute Gasteiger partial charge is 0.368 e. The van der Waals surface area contributed by atoms with Crippen LogP contribution < -0.4 is 4.90 Å². The summed E-state index contributed by atoms with van der Waals surface area (Å²) >= 11 is 0. The molecule has 1 aliphatic heterocycles. The fraction of sp³-hybridized carbons (Fsp3) is 0.350. The molecule has 0 saturated carbocycles. The lowest BCUT2D eigenvalue weighted by Gasteiger charge is -2.36. The molecule has 0 aromatic heterocycles. The van der Waals surface area contributed by atoms with Gasteiger partial charge in [-0.15, -0.1) is 0 Å². The molecule has 138 valence electrons. The molecule has 26 heavy (non-hydrogen) atoms. The molecule has 1 fully saturated rings. The average Bonchev–Trinajstić information content (AvgIpc) is 2.69. The van der Waals surface area contributed by atoms with Gasteiger partial charge >= 0.3 is 0 Å². The van der Waals surface area contributed by atoms with Gasteiger partial charge in [0.15, 0.2) is 9.84 Å². The topological polar surface area (TPSA) is 57.7 Å². The van der Waals surface area contributed by atoms with Crippen LogP contribution in [-0.2, 0) is 21.1 Å². The maximum atomic E-state index is 12.5. The van der Waals surface area contributed by atoms with E-state index in [-0.39, 0.29) is 11.7 Å². The van der Waals surface area contributed by atoms with Crippen LogP contribution >= 0.6 is 0 Å². The number of piperazine rings is 1. The Balaban J connectivity index is 1.56. The van der Waals surface area contributed by atoms with Gasteiger partial charge in [0, 0.05) is 31.9 Å². The van der Waals surface area contributed by atoms with E-state index < -0.39 is 9.84 Å². The van der Waals surface area contributed by atoms with Crippen molar-refractivity contribution in [2.24, 2.45) is 0 Å². The predicted molar refractivity (Wildman–Crippen MR) is 103 cm³/mol. The highest BCUT2D eigenvalue weighted by molar-refractivity contribution is 7.91. The first-order valence-corrected chi connectivity index (χ1v) is 10.5. The number of hydrogen-bond acceptors (Lipinski definition) is 4. The average molecular weight is 372 g/mol. The SMILES string of the molecule is CCS(=O)(=O)c1ccc(CC(=O)N2CCN(c3ccccc3)CC2)cc1. The molecule has 0 bridgehead atoms. The number of rotatable bonds is 5. The fourth-order valence-electron chi connectivity index (χ4n) is 3.12. The minimum absolute atomic E-state index is 0.0803. The summed E-state index contributed by atoms with van der Waals surface area (Å²) in [5.74, 6) is 0.167. The van der Waals surface area contributed by atoms with E-state index in [0.717, 1.165) is 18.7 Å². The zero-order valence-corrected chi connectivity index (χ0v) is 15.8. The van der Waals surface area contributed by atoms with Gasteiger partial charge in [0.25, 0.3) is 0 Å². The van der Waals surface area contributed by atoms with Crippen LogP contribution in [0.3, 0.4) is 0 Å². The van der Waals surface area contributed by atoms with Crippen molar-refractivity contribution in [1.82, 2.24) is 4.90 Å².